The van der Waals surface area contributed by atoms with Crippen molar-refractivity contribution < 1.29 is 27.5 Å². The number of nitrogens with one attached hydrogen (secondary N) is 1. The van der Waals surface area contributed by atoms with Crippen LogP contribution in [0.5, 0.6) is 11.5 Å². The van der Waals surface area contributed by atoms with Crippen molar-refractivity contribution in [3.05, 3.63) is 89.1 Å². The fraction of sp³-hybridized carbons (Fsp3) is 0.382. The van der Waals surface area contributed by atoms with Crippen molar-refractivity contribution in [3.63, 3.8) is 0 Å². The average Bonchev–Trinajstić information content (AvgIpc) is 3.39. The maximum Gasteiger partial charge on any atom is 0.416 e. The minimum atomic E-state index is -4.41. The van der Waals surface area contributed by atoms with Gasteiger partial charge in [0.15, 0.2) is 0 Å². The first-order chi connectivity index (χ1) is 20.8. The lowest BCUT2D eigenvalue weighted by molar-refractivity contribution is -0.137. The normalized spacial score (nSPS) is 15.8. The number of aromatic nitrogens is 2. The molecule has 10 heteroatoms. The number of halogens is 3. The fourth-order valence-electron chi connectivity index (χ4n) is 5.41. The van der Waals surface area contributed by atoms with Gasteiger partial charge in [0.05, 0.1) is 23.7 Å². The van der Waals surface area contributed by atoms with Crippen LogP contribution in [-0.2, 0) is 12.7 Å². The molecule has 0 aliphatic carbocycles. The van der Waals surface area contributed by atoms with Crippen molar-refractivity contribution in [1.29, 1.82) is 0 Å². The molecule has 1 N–H and O–H groups in total. The molecule has 1 atom stereocenters. The molecule has 1 aliphatic rings. The summed E-state index contributed by atoms with van der Waals surface area (Å²) in [6.07, 6.45) is 0.299. The second-order valence-electron chi connectivity index (χ2n) is 12.6. The highest BCUT2D eigenvalue weighted by Gasteiger charge is 2.30. The van der Waals surface area contributed by atoms with Gasteiger partial charge in [-0.2, -0.15) is 18.3 Å². The first kappa shape index (κ1) is 31.1. The quantitative estimate of drug-likeness (QED) is 0.235. The summed E-state index contributed by atoms with van der Waals surface area (Å²) in [5.41, 5.74) is 2.03. The molecule has 2 amide bonds. The first-order valence-electron chi connectivity index (χ1n) is 14.8. The van der Waals surface area contributed by atoms with Gasteiger partial charge in [0.2, 0.25) is 0 Å². The fourth-order valence-corrected chi connectivity index (χ4v) is 5.41. The van der Waals surface area contributed by atoms with Gasteiger partial charge >= 0.3 is 6.18 Å². The van der Waals surface area contributed by atoms with Crippen LogP contribution in [-0.4, -0.2) is 45.6 Å². The third-order valence-corrected chi connectivity index (χ3v) is 7.83. The molecule has 5 rings (SSSR count). The average molecular weight is 607 g/mol. The van der Waals surface area contributed by atoms with E-state index in [0.29, 0.717) is 36.5 Å². The minimum absolute atomic E-state index is 0.0207. The Labute approximate surface area is 255 Å². The zero-order valence-corrected chi connectivity index (χ0v) is 25.4. The number of piperidine rings is 1. The molecular weight excluding hydrogens is 569 g/mol. The van der Waals surface area contributed by atoms with Gasteiger partial charge in [0.1, 0.15) is 11.5 Å². The molecule has 4 aromatic rings. The predicted molar refractivity (Wildman–Crippen MR) is 163 cm³/mol. The highest BCUT2D eigenvalue weighted by atomic mass is 19.4. The summed E-state index contributed by atoms with van der Waals surface area (Å²) in [5.74, 6) is 0.489. The minimum Gasteiger partial charge on any atom is -0.457 e. The molecule has 1 aromatic heterocycles. The summed E-state index contributed by atoms with van der Waals surface area (Å²) in [6.45, 7) is 9.88. The Hall–Kier alpha value is -4.34. The zero-order valence-electron chi connectivity index (χ0n) is 25.4. The molecule has 3 aromatic carbocycles. The summed E-state index contributed by atoms with van der Waals surface area (Å²) in [4.78, 5) is 28.3. The number of carbonyl (C=O) groups excluding carboxylic acids is 2. The number of aryl methyl sites for hydroxylation is 1. The van der Waals surface area contributed by atoms with E-state index in [9.17, 15) is 22.8 Å². The number of ether oxygens (including phenoxy) is 1. The SMILES string of the molecule is Cc1c(C(=O)NCC(C)(C)C)ccc2nn(CC3CCCCN3C(=O)c3ccc(Oc4ccc(C(F)(F)F)cc4)cc3)cc12. The van der Waals surface area contributed by atoms with Crippen molar-refractivity contribution in [2.75, 3.05) is 13.1 Å². The second-order valence-corrected chi connectivity index (χ2v) is 12.6. The largest absolute Gasteiger partial charge is 0.457 e. The van der Waals surface area contributed by atoms with E-state index in [1.165, 1.54) is 12.1 Å². The van der Waals surface area contributed by atoms with Crippen LogP contribution in [0, 0.1) is 12.3 Å². The molecule has 0 bridgehead atoms. The lowest BCUT2D eigenvalue weighted by Crippen LogP contribution is -2.45. The number of benzene rings is 3. The number of likely N-dealkylation sites (tertiary alicyclic amines) is 1. The number of carbonyl (C=O) groups is 2. The Balaban J connectivity index is 1.27. The Morgan fingerprint density at radius 2 is 1.61 bits per heavy atom. The van der Waals surface area contributed by atoms with Crippen LogP contribution >= 0.6 is 0 Å². The monoisotopic (exact) mass is 606 g/mol. The molecule has 2 heterocycles. The lowest BCUT2D eigenvalue weighted by atomic mass is 9.96. The lowest BCUT2D eigenvalue weighted by Gasteiger charge is -2.35. The summed E-state index contributed by atoms with van der Waals surface area (Å²) in [7, 11) is 0. The maximum absolute atomic E-state index is 13.6. The van der Waals surface area contributed by atoms with Gasteiger partial charge < -0.3 is 15.0 Å². The van der Waals surface area contributed by atoms with Gasteiger partial charge in [-0.15, -0.1) is 0 Å². The summed E-state index contributed by atoms with van der Waals surface area (Å²) in [6, 6.07) is 14.7. The van der Waals surface area contributed by atoms with Crippen LogP contribution in [0.15, 0.2) is 66.9 Å². The molecule has 1 aliphatic heterocycles. The number of fused-ring (bicyclic) bond motifs is 1. The van der Waals surface area contributed by atoms with Crippen LogP contribution in [0.1, 0.15) is 71.9 Å². The Morgan fingerprint density at radius 3 is 2.25 bits per heavy atom. The van der Waals surface area contributed by atoms with E-state index >= 15 is 0 Å². The molecule has 1 fully saturated rings. The van der Waals surface area contributed by atoms with Gasteiger partial charge in [-0.05, 0) is 97.8 Å². The van der Waals surface area contributed by atoms with E-state index in [0.717, 1.165) is 47.9 Å². The number of nitrogens with zero attached hydrogens (tertiary/aromatic N) is 3. The molecule has 1 saturated heterocycles. The van der Waals surface area contributed by atoms with Crippen molar-refractivity contribution >= 4 is 22.7 Å². The van der Waals surface area contributed by atoms with E-state index < -0.39 is 11.7 Å². The molecule has 232 valence electrons. The van der Waals surface area contributed by atoms with E-state index in [-0.39, 0.29) is 29.0 Å². The Bertz CT molecular complexity index is 1640. The number of rotatable bonds is 7. The van der Waals surface area contributed by atoms with Gasteiger partial charge in [-0.1, -0.05) is 20.8 Å². The maximum atomic E-state index is 13.6. The molecule has 0 spiro atoms. The van der Waals surface area contributed by atoms with Crippen molar-refractivity contribution in [2.24, 2.45) is 5.41 Å². The number of amides is 2. The van der Waals surface area contributed by atoms with Gasteiger partial charge in [0.25, 0.3) is 11.8 Å². The van der Waals surface area contributed by atoms with Crippen LogP contribution in [0.2, 0.25) is 0 Å². The van der Waals surface area contributed by atoms with Gasteiger partial charge in [-0.3, -0.25) is 14.3 Å². The molecule has 0 saturated carbocycles. The van der Waals surface area contributed by atoms with Crippen molar-refractivity contribution in [3.8, 4) is 11.5 Å². The highest BCUT2D eigenvalue weighted by molar-refractivity contribution is 6.00. The molecule has 1 unspecified atom stereocenters. The van der Waals surface area contributed by atoms with Gasteiger partial charge in [0, 0.05) is 35.8 Å². The molecule has 44 heavy (non-hydrogen) atoms. The number of hydrogen-bond acceptors (Lipinski definition) is 4. The van der Waals surface area contributed by atoms with Crippen LogP contribution in [0.3, 0.4) is 0 Å². The van der Waals surface area contributed by atoms with Crippen LogP contribution in [0.4, 0.5) is 13.2 Å². The Kier molecular flexibility index (Phi) is 8.72. The van der Waals surface area contributed by atoms with Crippen LogP contribution in [0.25, 0.3) is 10.9 Å². The van der Waals surface area contributed by atoms with Crippen molar-refractivity contribution in [1.82, 2.24) is 20.0 Å². The van der Waals surface area contributed by atoms with E-state index in [4.69, 9.17) is 9.84 Å². The predicted octanol–water partition coefficient (Wildman–Crippen LogP) is 7.63. The first-order valence-corrected chi connectivity index (χ1v) is 14.8. The summed E-state index contributed by atoms with van der Waals surface area (Å²) < 4.78 is 46.1. The topological polar surface area (TPSA) is 76.5 Å². The third kappa shape index (κ3) is 7.23. The molecule has 7 nitrogen and oxygen atoms in total. The van der Waals surface area contributed by atoms with Crippen LogP contribution < -0.4 is 10.1 Å². The third-order valence-electron chi connectivity index (χ3n) is 7.83. The molecular formula is C34H37F3N4O3. The summed E-state index contributed by atoms with van der Waals surface area (Å²) in [5, 5.41) is 8.68. The highest BCUT2D eigenvalue weighted by Crippen LogP contribution is 2.32. The summed E-state index contributed by atoms with van der Waals surface area (Å²) >= 11 is 0. The standard InChI is InChI=1S/C34H37F3N4O3/c1-22-28(31(42)38-21-33(2,3)4)16-17-30-29(22)20-40(39-30)19-25-7-5-6-18-41(25)32(43)23-8-12-26(13-9-23)44-27-14-10-24(11-15-27)34(35,36)37/h8-17,20,25H,5-7,18-19,21H2,1-4H3,(H,38,42). The smallest absolute Gasteiger partial charge is 0.416 e. The Morgan fingerprint density at radius 1 is 0.955 bits per heavy atom. The number of hydrogen-bond donors (Lipinski definition) is 1. The number of alkyl halides is 3. The zero-order chi connectivity index (χ0) is 31.6. The van der Waals surface area contributed by atoms with E-state index in [1.807, 2.05) is 34.8 Å². The van der Waals surface area contributed by atoms with Crippen molar-refractivity contribution in [2.45, 2.75) is 65.7 Å². The van der Waals surface area contributed by atoms with E-state index in [2.05, 4.69) is 26.1 Å². The van der Waals surface area contributed by atoms with E-state index in [1.54, 1.807) is 24.3 Å². The molecule has 0 radical (unpaired) electrons. The second kappa shape index (κ2) is 12.3. The van der Waals surface area contributed by atoms with Gasteiger partial charge in [-0.25, -0.2) is 0 Å².